The molecule has 280 valence electrons. The number of nitro groups is 1. The van der Waals surface area contributed by atoms with E-state index in [9.17, 15) is 10.1 Å². The molecule has 1 aliphatic carbocycles. The van der Waals surface area contributed by atoms with Crippen molar-refractivity contribution >= 4 is 67.4 Å². The number of anilines is 5. The molecule has 0 amide bonds. The second-order valence-electron chi connectivity index (χ2n) is 13.6. The van der Waals surface area contributed by atoms with Gasteiger partial charge in [0, 0.05) is 70.5 Å². The van der Waals surface area contributed by atoms with Crippen LogP contribution in [0.15, 0.2) is 200 Å². The number of hydrogen-bond acceptors (Lipinski definition) is 5. The average Bonchev–Trinajstić information content (AvgIpc) is 3.66. The van der Waals surface area contributed by atoms with Crippen LogP contribution in [-0.2, 0) is 0 Å². The number of para-hydroxylation sites is 5. The lowest BCUT2D eigenvalue weighted by Crippen LogP contribution is -2.10. The summed E-state index contributed by atoms with van der Waals surface area (Å²) >= 11 is 1.47. The fourth-order valence-electron chi connectivity index (χ4n) is 7.20. The van der Waals surface area contributed by atoms with Gasteiger partial charge in [0.2, 0.25) is 17.1 Å². The molecule has 0 N–H and O–H groups in total. The first kappa shape index (κ1) is 37.3. The first-order chi connectivity index (χ1) is 28.4. The van der Waals surface area contributed by atoms with E-state index in [1.807, 2.05) is 102 Å². The normalized spacial score (nSPS) is 11.9. The molecule has 0 atom stereocenters. The summed E-state index contributed by atoms with van der Waals surface area (Å²) in [7, 11) is 4.11. The van der Waals surface area contributed by atoms with Gasteiger partial charge in [-0.2, -0.15) is 4.58 Å². The number of rotatable bonds is 10. The molecule has 1 aromatic heterocycles. The van der Waals surface area contributed by atoms with Crippen molar-refractivity contribution in [3.05, 3.63) is 232 Å². The molecule has 0 radical (unpaired) electrons. The molecule has 0 bridgehead atoms. The largest absolute Gasteiger partial charge is 0.345 e. The van der Waals surface area contributed by atoms with E-state index in [2.05, 4.69) is 101 Å². The van der Waals surface area contributed by atoms with E-state index >= 15 is 0 Å². The van der Waals surface area contributed by atoms with Crippen molar-refractivity contribution in [2.24, 2.45) is 0 Å². The van der Waals surface area contributed by atoms with E-state index in [1.165, 1.54) is 17.4 Å². The van der Waals surface area contributed by atoms with Crippen molar-refractivity contribution in [1.29, 1.82) is 0 Å². The Morgan fingerprint density at radius 1 is 0.655 bits per heavy atom. The molecule has 8 rings (SSSR count). The molecule has 1 aliphatic rings. The Kier molecular flexibility index (Phi) is 10.7. The van der Waals surface area contributed by atoms with Crippen LogP contribution in [0.3, 0.4) is 0 Å². The highest BCUT2D eigenvalue weighted by molar-refractivity contribution is 7.18. The monoisotopic (exact) mass is 772 g/mol. The van der Waals surface area contributed by atoms with Gasteiger partial charge >= 0.3 is 0 Å². The summed E-state index contributed by atoms with van der Waals surface area (Å²) in [6, 6.07) is 55.2. The van der Waals surface area contributed by atoms with Crippen molar-refractivity contribution < 1.29 is 9.50 Å². The third-order valence-corrected chi connectivity index (χ3v) is 11.4. The molecule has 0 spiro atoms. The molecule has 0 saturated heterocycles. The predicted molar refractivity (Wildman–Crippen MR) is 240 cm³/mol. The minimum Gasteiger partial charge on any atom is -0.345 e. The second kappa shape index (κ2) is 16.6. The lowest BCUT2D eigenvalue weighted by atomic mass is 9.91. The number of hydrogen-bond donors (Lipinski definition) is 0. The summed E-state index contributed by atoms with van der Waals surface area (Å²) in [5.74, 6) is 0. The quantitative estimate of drug-likeness (QED) is 0.0601. The summed E-state index contributed by atoms with van der Waals surface area (Å²) in [5, 5.41) is 13.1. The predicted octanol–water partition coefficient (Wildman–Crippen LogP) is 13.5. The summed E-state index contributed by atoms with van der Waals surface area (Å²) in [5.41, 5.74) is 10.1. The van der Waals surface area contributed by atoms with Crippen molar-refractivity contribution in [2.75, 3.05) is 23.9 Å². The van der Waals surface area contributed by atoms with Gasteiger partial charge < -0.3 is 9.80 Å². The number of thiophene rings is 1. The van der Waals surface area contributed by atoms with Crippen LogP contribution in [0, 0.1) is 16.7 Å². The van der Waals surface area contributed by atoms with Gasteiger partial charge in [-0.25, -0.2) is 4.85 Å². The zero-order valence-corrected chi connectivity index (χ0v) is 32.8. The summed E-state index contributed by atoms with van der Waals surface area (Å²) in [6.07, 6.45) is 8.51. The van der Waals surface area contributed by atoms with Crippen LogP contribution in [0.2, 0.25) is 0 Å². The number of nitrogens with zero attached hydrogens (tertiary/aromatic N) is 5. The third kappa shape index (κ3) is 7.38. The first-order valence-corrected chi connectivity index (χ1v) is 19.6. The van der Waals surface area contributed by atoms with Crippen molar-refractivity contribution in [1.82, 2.24) is 0 Å². The van der Waals surface area contributed by atoms with Gasteiger partial charge in [0.1, 0.15) is 17.7 Å². The van der Waals surface area contributed by atoms with Gasteiger partial charge in [-0.05, 0) is 71.3 Å². The molecule has 6 aromatic carbocycles. The second-order valence-corrected chi connectivity index (χ2v) is 14.6. The molecule has 8 heteroatoms. The molecular weight excluding hydrogens is 735 g/mol. The average molecular weight is 773 g/mol. The Hall–Kier alpha value is -7.60. The van der Waals surface area contributed by atoms with E-state index in [1.54, 1.807) is 18.2 Å². The molecular formula is C50H38N5O2S+. The molecule has 58 heavy (non-hydrogen) atoms. The number of nitro benzene ring substituents is 1. The standard InChI is InChI=1S/C50H38N5O2S/c1-51-48-47(36-18-8-4-9-19-36)49(58-50(48)54(43-24-14-7-15-25-43)44-26-16-17-27-45(44)55(56)57)46(37-28-32-41(33-29-37)52(2)39-20-10-5-11-21-39)38-30-34-42(35-31-38)53(3)40-22-12-6-13-23-40/h4-35H,2-3H3/q+1. The van der Waals surface area contributed by atoms with E-state index in [0.29, 0.717) is 22.1 Å². The molecule has 7 nitrogen and oxygen atoms in total. The number of allylic oxidation sites excluding steroid dienone is 5. The molecule has 0 aliphatic heterocycles. The minimum absolute atomic E-state index is 0.0565. The van der Waals surface area contributed by atoms with E-state index in [4.69, 9.17) is 6.57 Å². The highest BCUT2D eigenvalue weighted by Gasteiger charge is 2.31. The third-order valence-electron chi connectivity index (χ3n) is 10.2. The maximum Gasteiger partial charge on any atom is 0.293 e. The highest BCUT2D eigenvalue weighted by atomic mass is 32.1. The fraction of sp³-hybridized carbons (Fsp3) is 0.0400. The smallest absolute Gasteiger partial charge is 0.293 e. The first-order valence-electron chi connectivity index (χ1n) is 18.8. The van der Waals surface area contributed by atoms with E-state index in [-0.39, 0.29) is 10.6 Å². The van der Waals surface area contributed by atoms with Gasteiger partial charge in [-0.15, -0.1) is 11.3 Å². The Morgan fingerprint density at radius 2 is 1.19 bits per heavy atom. The van der Waals surface area contributed by atoms with Gasteiger partial charge in [-0.3, -0.25) is 10.1 Å². The topological polar surface area (TPSA) is 57.0 Å². The van der Waals surface area contributed by atoms with Crippen LogP contribution in [0.1, 0.15) is 10.4 Å². The Bertz CT molecular complexity index is 2750. The highest BCUT2D eigenvalue weighted by Crippen LogP contribution is 2.56. The van der Waals surface area contributed by atoms with Crippen molar-refractivity contribution in [2.45, 2.75) is 0 Å². The van der Waals surface area contributed by atoms with Gasteiger partial charge in [0.15, 0.2) is 0 Å². The van der Waals surface area contributed by atoms with Crippen LogP contribution >= 0.6 is 11.3 Å². The van der Waals surface area contributed by atoms with Crippen LogP contribution in [0.5, 0.6) is 0 Å². The van der Waals surface area contributed by atoms with Gasteiger partial charge in [0.25, 0.3) is 5.69 Å². The summed E-state index contributed by atoms with van der Waals surface area (Å²) < 4.78 is 2.15. The maximum absolute atomic E-state index is 12.6. The van der Waals surface area contributed by atoms with Crippen LogP contribution < -0.4 is 9.80 Å². The van der Waals surface area contributed by atoms with E-state index in [0.717, 1.165) is 55.5 Å². The number of benzene rings is 6. The maximum atomic E-state index is 12.6. The Labute approximate surface area is 342 Å². The summed E-state index contributed by atoms with van der Waals surface area (Å²) in [6.45, 7) is 8.76. The SMILES string of the molecule is [C-]#[N+]c1c(N(c2ccccc2)c2ccccc2[N+](=O)[O-])sc(C(=C2C=CC(=[N+](C)c3ccccc3)C=C2)c2ccc(N(C)c3ccccc3)cc2)c1-c1ccccc1. The fourth-order valence-corrected chi connectivity index (χ4v) is 8.59. The zero-order chi connectivity index (χ0) is 40.0. The van der Waals surface area contributed by atoms with E-state index < -0.39 is 0 Å². The molecule has 1 heterocycles. The molecule has 7 aromatic rings. The lowest BCUT2D eigenvalue weighted by Gasteiger charge is -2.24. The zero-order valence-electron chi connectivity index (χ0n) is 31.9. The van der Waals surface area contributed by atoms with Crippen LogP contribution in [0.4, 0.5) is 44.8 Å². The van der Waals surface area contributed by atoms with Gasteiger partial charge in [-0.1, -0.05) is 109 Å². The Balaban J connectivity index is 1.40. The Morgan fingerprint density at radius 3 is 1.79 bits per heavy atom. The minimum atomic E-state index is -0.366. The molecule has 0 saturated carbocycles. The van der Waals surface area contributed by atoms with Gasteiger partial charge in [0.05, 0.1) is 11.5 Å². The van der Waals surface area contributed by atoms with Crippen molar-refractivity contribution in [3.63, 3.8) is 0 Å². The molecule has 0 fully saturated rings. The van der Waals surface area contributed by atoms with Crippen molar-refractivity contribution in [3.8, 4) is 11.1 Å². The molecule has 0 unspecified atom stereocenters. The van der Waals surface area contributed by atoms with Crippen LogP contribution in [0.25, 0.3) is 21.5 Å². The summed E-state index contributed by atoms with van der Waals surface area (Å²) in [4.78, 5) is 21.3. The van der Waals surface area contributed by atoms with Crippen LogP contribution in [-0.4, -0.2) is 29.3 Å². The lowest BCUT2D eigenvalue weighted by molar-refractivity contribution is -0.403.